The number of furan rings is 1. The Morgan fingerprint density at radius 1 is 1.27 bits per heavy atom. The SMILES string of the molecule is COc1cccc(Nc2nnc(SCC(=O)N3N=C(c4cccs4)CC3c3ccco3)s2)c1. The van der Waals surface area contributed by atoms with Crippen molar-refractivity contribution >= 4 is 56.9 Å². The first kappa shape index (κ1) is 21.7. The van der Waals surface area contributed by atoms with E-state index in [1.54, 1.807) is 24.7 Å². The van der Waals surface area contributed by atoms with Crippen molar-refractivity contribution in [2.24, 2.45) is 5.10 Å². The predicted octanol–water partition coefficient (Wildman–Crippen LogP) is 5.41. The monoisotopic (exact) mass is 497 g/mol. The number of aromatic nitrogens is 2. The molecule has 0 bridgehead atoms. The minimum Gasteiger partial charge on any atom is -0.497 e. The van der Waals surface area contributed by atoms with E-state index in [1.807, 2.05) is 53.9 Å². The zero-order chi connectivity index (χ0) is 22.6. The summed E-state index contributed by atoms with van der Waals surface area (Å²) in [7, 11) is 1.63. The number of hydrogen-bond acceptors (Lipinski definition) is 10. The fraction of sp³-hybridized carbons (Fsp3) is 0.182. The number of nitrogens with zero attached hydrogens (tertiary/aromatic N) is 4. The average molecular weight is 498 g/mol. The highest BCUT2D eigenvalue weighted by Gasteiger charge is 2.35. The number of methoxy groups -OCH3 is 1. The third-order valence-corrected chi connectivity index (χ3v) is 7.77. The molecule has 1 atom stereocenters. The van der Waals surface area contributed by atoms with Gasteiger partial charge in [0.25, 0.3) is 5.91 Å². The van der Waals surface area contributed by atoms with E-state index >= 15 is 0 Å². The predicted molar refractivity (Wildman–Crippen MR) is 131 cm³/mol. The third kappa shape index (κ3) is 4.95. The van der Waals surface area contributed by atoms with Gasteiger partial charge in [0.15, 0.2) is 4.34 Å². The van der Waals surface area contributed by atoms with Gasteiger partial charge in [0.05, 0.1) is 29.7 Å². The lowest BCUT2D eigenvalue weighted by atomic mass is 10.1. The standard InChI is InChI=1S/C22H19N5O3S3/c1-29-15-6-2-5-14(11-15)23-21-24-25-22(33-21)32-13-20(28)27-17(18-7-3-9-30-18)12-16(26-27)19-8-4-10-31-19/h2-11,17H,12-13H2,1H3,(H,23,24). The number of benzene rings is 1. The molecule has 5 rings (SSSR count). The molecule has 0 aliphatic carbocycles. The van der Waals surface area contributed by atoms with Crippen LogP contribution in [0.4, 0.5) is 10.8 Å². The molecular formula is C22H19N5O3S3. The summed E-state index contributed by atoms with van der Waals surface area (Å²) < 4.78 is 11.5. The molecule has 3 aromatic heterocycles. The lowest BCUT2D eigenvalue weighted by Gasteiger charge is -2.19. The van der Waals surface area contributed by atoms with Crippen LogP contribution in [0.5, 0.6) is 5.75 Å². The highest BCUT2D eigenvalue weighted by atomic mass is 32.2. The third-order valence-electron chi connectivity index (χ3n) is 4.89. The van der Waals surface area contributed by atoms with Gasteiger partial charge in [-0.2, -0.15) is 5.10 Å². The van der Waals surface area contributed by atoms with Crippen LogP contribution in [0.3, 0.4) is 0 Å². The first-order valence-corrected chi connectivity index (χ1v) is 12.7. The number of hydrogen-bond donors (Lipinski definition) is 1. The Balaban J connectivity index is 1.25. The summed E-state index contributed by atoms with van der Waals surface area (Å²) in [5, 5.41) is 20.4. The van der Waals surface area contributed by atoms with Crippen LogP contribution in [0.15, 0.2) is 74.0 Å². The van der Waals surface area contributed by atoms with Crippen LogP contribution >= 0.6 is 34.4 Å². The minimum absolute atomic E-state index is 0.106. The number of ether oxygens (including phenoxy) is 1. The van der Waals surface area contributed by atoms with Crippen LogP contribution in [-0.4, -0.2) is 39.7 Å². The van der Waals surface area contributed by atoms with Gasteiger partial charge in [0, 0.05) is 18.2 Å². The highest BCUT2D eigenvalue weighted by Crippen LogP contribution is 2.35. The van der Waals surface area contributed by atoms with E-state index in [0.717, 1.165) is 27.8 Å². The molecule has 33 heavy (non-hydrogen) atoms. The number of thioether (sulfide) groups is 1. The van der Waals surface area contributed by atoms with Crippen molar-refractivity contribution in [3.05, 3.63) is 70.8 Å². The van der Waals surface area contributed by atoms with E-state index in [-0.39, 0.29) is 17.7 Å². The number of rotatable bonds is 8. The van der Waals surface area contributed by atoms with Gasteiger partial charge in [-0.1, -0.05) is 35.2 Å². The Morgan fingerprint density at radius 3 is 3.00 bits per heavy atom. The van der Waals surface area contributed by atoms with Gasteiger partial charge >= 0.3 is 0 Å². The van der Waals surface area contributed by atoms with Crippen LogP contribution in [0.2, 0.25) is 0 Å². The normalized spacial score (nSPS) is 15.5. The van der Waals surface area contributed by atoms with Gasteiger partial charge in [0.1, 0.15) is 17.6 Å². The molecule has 0 fully saturated rings. The van der Waals surface area contributed by atoms with Gasteiger partial charge in [-0.25, -0.2) is 5.01 Å². The molecule has 0 saturated heterocycles. The van der Waals surface area contributed by atoms with Gasteiger partial charge in [-0.3, -0.25) is 4.79 Å². The summed E-state index contributed by atoms with van der Waals surface area (Å²) in [6.45, 7) is 0. The molecule has 1 aliphatic rings. The molecular weight excluding hydrogens is 478 g/mol. The topological polar surface area (TPSA) is 92.8 Å². The Bertz CT molecular complexity index is 1250. The van der Waals surface area contributed by atoms with Crippen LogP contribution in [-0.2, 0) is 4.79 Å². The van der Waals surface area contributed by atoms with Crippen molar-refractivity contribution in [2.75, 3.05) is 18.2 Å². The lowest BCUT2D eigenvalue weighted by molar-refractivity contribution is -0.130. The largest absolute Gasteiger partial charge is 0.497 e. The molecule has 1 unspecified atom stereocenters. The molecule has 0 saturated carbocycles. The molecule has 11 heteroatoms. The maximum Gasteiger partial charge on any atom is 0.253 e. The molecule has 168 valence electrons. The molecule has 4 aromatic rings. The fourth-order valence-corrected chi connectivity index (χ4v) is 5.71. The zero-order valence-electron chi connectivity index (χ0n) is 17.5. The van der Waals surface area contributed by atoms with Gasteiger partial charge in [-0.05, 0) is 35.7 Å². The van der Waals surface area contributed by atoms with Crippen LogP contribution in [0.25, 0.3) is 0 Å². The summed E-state index contributed by atoms with van der Waals surface area (Å²) in [6.07, 6.45) is 2.24. The number of nitrogens with one attached hydrogen (secondary N) is 1. The molecule has 1 aliphatic heterocycles. The smallest absolute Gasteiger partial charge is 0.253 e. The van der Waals surface area contributed by atoms with Crippen LogP contribution in [0.1, 0.15) is 23.1 Å². The van der Waals surface area contributed by atoms with Crippen molar-refractivity contribution in [1.29, 1.82) is 0 Å². The summed E-state index contributed by atoms with van der Waals surface area (Å²) >= 11 is 4.35. The maximum atomic E-state index is 13.1. The van der Waals surface area contributed by atoms with Crippen molar-refractivity contribution in [1.82, 2.24) is 15.2 Å². The molecule has 1 aromatic carbocycles. The van der Waals surface area contributed by atoms with Crippen molar-refractivity contribution < 1.29 is 13.9 Å². The van der Waals surface area contributed by atoms with Crippen molar-refractivity contribution in [2.45, 2.75) is 16.8 Å². The molecule has 1 amide bonds. The Morgan fingerprint density at radius 2 is 2.21 bits per heavy atom. The van der Waals surface area contributed by atoms with E-state index in [9.17, 15) is 4.79 Å². The van der Waals surface area contributed by atoms with Crippen molar-refractivity contribution in [3.63, 3.8) is 0 Å². The summed E-state index contributed by atoms with van der Waals surface area (Å²) in [4.78, 5) is 14.2. The Labute approximate surface area is 202 Å². The Hall–Kier alpha value is -3.15. The molecule has 0 spiro atoms. The number of amides is 1. The number of carbonyl (C=O) groups is 1. The van der Waals surface area contributed by atoms with Gasteiger partial charge < -0.3 is 14.5 Å². The van der Waals surface area contributed by atoms with E-state index < -0.39 is 0 Å². The zero-order valence-corrected chi connectivity index (χ0v) is 20.0. The molecule has 0 radical (unpaired) electrons. The van der Waals surface area contributed by atoms with Gasteiger partial charge in [0.2, 0.25) is 5.13 Å². The second-order valence-electron chi connectivity index (χ2n) is 7.02. The number of thiophene rings is 1. The van der Waals surface area contributed by atoms with Gasteiger partial charge in [-0.15, -0.1) is 21.5 Å². The molecule has 1 N–H and O–H groups in total. The van der Waals surface area contributed by atoms with Crippen LogP contribution < -0.4 is 10.1 Å². The molecule has 4 heterocycles. The lowest BCUT2D eigenvalue weighted by Crippen LogP contribution is -2.28. The first-order valence-electron chi connectivity index (χ1n) is 10.0. The Kier molecular flexibility index (Phi) is 6.42. The maximum absolute atomic E-state index is 13.1. The second kappa shape index (κ2) is 9.77. The quantitative estimate of drug-likeness (QED) is 0.325. The van der Waals surface area contributed by atoms with E-state index in [4.69, 9.17) is 9.15 Å². The molecule has 8 nitrogen and oxygen atoms in total. The van der Waals surface area contributed by atoms with Crippen LogP contribution in [0, 0.1) is 0 Å². The van der Waals surface area contributed by atoms with E-state index in [2.05, 4.69) is 20.6 Å². The summed E-state index contributed by atoms with van der Waals surface area (Å²) in [5.41, 5.74) is 1.75. The second-order valence-corrected chi connectivity index (χ2v) is 10.2. The number of anilines is 2. The first-order chi connectivity index (χ1) is 16.2. The fourth-order valence-electron chi connectivity index (χ4n) is 3.37. The summed E-state index contributed by atoms with van der Waals surface area (Å²) in [6, 6.07) is 15.0. The minimum atomic E-state index is -0.245. The summed E-state index contributed by atoms with van der Waals surface area (Å²) in [5.74, 6) is 1.57. The number of hydrazone groups is 1. The average Bonchev–Trinajstić information content (AvgIpc) is 3.63. The number of carbonyl (C=O) groups excluding carboxylic acids is 1. The van der Waals surface area contributed by atoms with Crippen molar-refractivity contribution in [3.8, 4) is 5.75 Å². The highest BCUT2D eigenvalue weighted by molar-refractivity contribution is 8.01. The van der Waals surface area contributed by atoms with E-state index in [0.29, 0.717) is 15.9 Å². The van der Waals surface area contributed by atoms with E-state index in [1.165, 1.54) is 28.1 Å².